The zero-order valence-corrected chi connectivity index (χ0v) is 16.3. The molecule has 1 heterocycles. The smallest absolute Gasteiger partial charge is 0.266 e. The number of anilines is 1. The van der Waals surface area contributed by atoms with Crippen LogP contribution < -0.4 is 10.5 Å². The molecule has 0 atom stereocenters. The fourth-order valence-electron chi connectivity index (χ4n) is 2.92. The van der Waals surface area contributed by atoms with E-state index in [-0.39, 0.29) is 5.56 Å². The second-order valence-corrected chi connectivity index (χ2v) is 7.08. The maximum absolute atomic E-state index is 13.0. The Hall–Kier alpha value is -2.37. The predicted molar refractivity (Wildman–Crippen MR) is 109 cm³/mol. The van der Waals surface area contributed by atoms with Crippen molar-refractivity contribution in [2.45, 2.75) is 6.92 Å². The van der Waals surface area contributed by atoms with E-state index < -0.39 is 0 Å². The zero-order valence-electron chi connectivity index (χ0n) is 15.5. The minimum atomic E-state index is -0.108. The van der Waals surface area contributed by atoms with Crippen LogP contribution in [0.5, 0.6) is 0 Å². The Morgan fingerprint density at radius 1 is 1.08 bits per heavy atom. The first-order valence-corrected chi connectivity index (χ1v) is 8.90. The largest absolute Gasteiger partial charge is 0.373 e. The third-order valence-electron chi connectivity index (χ3n) is 4.44. The number of rotatable bonds is 5. The molecule has 0 N–H and O–H groups in total. The number of hydrogen-bond acceptors (Lipinski definition) is 4. The van der Waals surface area contributed by atoms with Gasteiger partial charge in [-0.25, -0.2) is 4.98 Å². The van der Waals surface area contributed by atoms with Gasteiger partial charge in [0.25, 0.3) is 5.56 Å². The summed E-state index contributed by atoms with van der Waals surface area (Å²) in [4.78, 5) is 22.0. The van der Waals surface area contributed by atoms with Crippen molar-refractivity contribution in [1.82, 2.24) is 14.5 Å². The van der Waals surface area contributed by atoms with Gasteiger partial charge < -0.3 is 9.80 Å². The van der Waals surface area contributed by atoms with Crippen LogP contribution in [-0.2, 0) is 0 Å². The van der Waals surface area contributed by atoms with Crippen molar-refractivity contribution < 1.29 is 0 Å². The Bertz CT molecular complexity index is 997. The third kappa shape index (κ3) is 3.59. The van der Waals surface area contributed by atoms with Crippen molar-refractivity contribution in [2.24, 2.45) is 0 Å². The van der Waals surface area contributed by atoms with Crippen LogP contribution in [0.4, 0.5) is 5.69 Å². The van der Waals surface area contributed by atoms with Crippen LogP contribution in [0.3, 0.4) is 0 Å². The van der Waals surface area contributed by atoms with Crippen molar-refractivity contribution in [3.8, 4) is 5.69 Å². The van der Waals surface area contributed by atoms with Crippen molar-refractivity contribution in [1.29, 1.82) is 0 Å². The van der Waals surface area contributed by atoms with Gasteiger partial charge >= 0.3 is 0 Å². The summed E-state index contributed by atoms with van der Waals surface area (Å²) in [6.45, 7) is 3.68. The first-order valence-electron chi connectivity index (χ1n) is 8.52. The van der Waals surface area contributed by atoms with E-state index in [1.54, 1.807) is 10.6 Å². The standard InChI is InChI=1S/C20H23ClN4O/c1-14-22-18-13-15(24(4)12-11-23(2)3)9-10-16(18)20(26)25(14)19-8-6-5-7-17(19)21/h5-10,13H,11-12H2,1-4H3. The molecule has 3 aromatic rings. The molecule has 26 heavy (non-hydrogen) atoms. The summed E-state index contributed by atoms with van der Waals surface area (Å²) in [6.07, 6.45) is 0. The Morgan fingerprint density at radius 3 is 2.50 bits per heavy atom. The van der Waals surface area contributed by atoms with Crippen molar-refractivity contribution >= 4 is 28.2 Å². The lowest BCUT2D eigenvalue weighted by molar-refractivity contribution is 0.416. The second kappa shape index (κ2) is 7.48. The van der Waals surface area contributed by atoms with Crippen molar-refractivity contribution in [2.75, 3.05) is 39.1 Å². The second-order valence-electron chi connectivity index (χ2n) is 6.68. The number of likely N-dealkylation sites (N-methyl/N-ethyl adjacent to an activating group) is 2. The van der Waals surface area contributed by atoms with E-state index >= 15 is 0 Å². The molecule has 0 aliphatic carbocycles. The molecule has 0 fully saturated rings. The maximum atomic E-state index is 13.0. The molecule has 136 valence electrons. The number of aromatic nitrogens is 2. The molecule has 1 aromatic heterocycles. The minimum Gasteiger partial charge on any atom is -0.373 e. The average molecular weight is 371 g/mol. The number of para-hydroxylation sites is 1. The fourth-order valence-corrected chi connectivity index (χ4v) is 3.14. The monoisotopic (exact) mass is 370 g/mol. The van der Waals surface area contributed by atoms with E-state index in [4.69, 9.17) is 11.6 Å². The molecule has 5 nitrogen and oxygen atoms in total. The highest BCUT2D eigenvalue weighted by Gasteiger charge is 2.13. The molecule has 0 spiro atoms. The fraction of sp³-hybridized carbons (Fsp3) is 0.300. The summed E-state index contributed by atoms with van der Waals surface area (Å²) in [7, 11) is 6.15. The molecule has 0 radical (unpaired) electrons. The molecule has 0 amide bonds. The van der Waals surface area contributed by atoms with Gasteiger partial charge in [-0.1, -0.05) is 23.7 Å². The number of fused-ring (bicyclic) bond motifs is 1. The van der Waals surface area contributed by atoms with Crippen molar-refractivity contribution in [3.05, 3.63) is 63.7 Å². The molecule has 0 saturated carbocycles. The Balaban J connectivity index is 2.07. The summed E-state index contributed by atoms with van der Waals surface area (Å²) in [5, 5.41) is 1.11. The molecule has 0 unspecified atom stereocenters. The van der Waals surface area contributed by atoms with E-state index in [0.29, 0.717) is 27.4 Å². The highest BCUT2D eigenvalue weighted by atomic mass is 35.5. The van der Waals surface area contributed by atoms with Crippen molar-refractivity contribution in [3.63, 3.8) is 0 Å². The van der Waals surface area contributed by atoms with Crippen LogP contribution >= 0.6 is 11.6 Å². The summed E-state index contributed by atoms with van der Waals surface area (Å²) in [5.74, 6) is 0.615. The Labute approximate surface area is 158 Å². The van der Waals surface area contributed by atoms with Gasteiger partial charge in [-0.3, -0.25) is 9.36 Å². The van der Waals surface area contributed by atoms with Crippen LogP contribution in [0, 0.1) is 6.92 Å². The van der Waals surface area contributed by atoms with E-state index in [1.165, 1.54) is 0 Å². The van der Waals surface area contributed by atoms with Gasteiger partial charge in [0.2, 0.25) is 0 Å². The zero-order chi connectivity index (χ0) is 18.8. The molecule has 0 bridgehead atoms. The molecule has 3 rings (SSSR count). The first-order chi connectivity index (χ1) is 12.4. The Morgan fingerprint density at radius 2 is 1.81 bits per heavy atom. The lowest BCUT2D eigenvalue weighted by Crippen LogP contribution is -2.28. The van der Waals surface area contributed by atoms with Gasteiger partial charge in [-0.15, -0.1) is 0 Å². The molecule has 0 saturated heterocycles. The van der Waals surface area contributed by atoms with Crippen LogP contribution in [-0.4, -0.2) is 48.7 Å². The van der Waals surface area contributed by atoms with Gasteiger partial charge in [-0.2, -0.15) is 0 Å². The molecular weight excluding hydrogens is 348 g/mol. The normalized spacial score (nSPS) is 11.3. The molecule has 0 aliphatic rings. The number of nitrogens with zero attached hydrogens (tertiary/aromatic N) is 4. The quantitative estimate of drug-likeness (QED) is 0.690. The minimum absolute atomic E-state index is 0.108. The topological polar surface area (TPSA) is 41.4 Å². The van der Waals surface area contributed by atoms with Gasteiger partial charge in [0.1, 0.15) is 5.82 Å². The number of aryl methyl sites for hydroxylation is 1. The SMILES string of the molecule is Cc1nc2cc(N(C)CCN(C)C)ccc2c(=O)n1-c1ccccc1Cl. The number of benzene rings is 2. The summed E-state index contributed by atoms with van der Waals surface area (Å²) in [5.41, 5.74) is 2.28. The molecule has 6 heteroatoms. The summed E-state index contributed by atoms with van der Waals surface area (Å²) < 4.78 is 1.57. The summed E-state index contributed by atoms with van der Waals surface area (Å²) >= 11 is 6.28. The molecule has 2 aromatic carbocycles. The predicted octanol–water partition coefficient (Wildman–Crippen LogP) is 3.35. The molecule has 0 aliphatic heterocycles. The van der Waals surface area contributed by atoms with Crippen LogP contribution in [0.1, 0.15) is 5.82 Å². The van der Waals surface area contributed by atoms with Gasteiger partial charge in [0.15, 0.2) is 0 Å². The third-order valence-corrected chi connectivity index (χ3v) is 4.76. The van der Waals surface area contributed by atoms with Crippen LogP contribution in [0.2, 0.25) is 5.02 Å². The van der Waals surface area contributed by atoms with Crippen LogP contribution in [0.25, 0.3) is 16.6 Å². The van der Waals surface area contributed by atoms with Gasteiger partial charge in [0, 0.05) is 25.8 Å². The van der Waals surface area contributed by atoms with Gasteiger partial charge in [0.05, 0.1) is 21.6 Å². The van der Waals surface area contributed by atoms with E-state index in [9.17, 15) is 4.79 Å². The molecular formula is C20H23ClN4O. The lowest BCUT2D eigenvalue weighted by Gasteiger charge is -2.22. The Kier molecular flexibility index (Phi) is 5.30. The summed E-state index contributed by atoms with van der Waals surface area (Å²) in [6, 6.07) is 13.1. The highest BCUT2D eigenvalue weighted by molar-refractivity contribution is 6.32. The van der Waals surface area contributed by atoms with Crippen LogP contribution in [0.15, 0.2) is 47.3 Å². The van der Waals surface area contributed by atoms with E-state index in [1.807, 2.05) is 50.4 Å². The first kappa shape index (κ1) is 18.4. The van der Waals surface area contributed by atoms with E-state index in [0.717, 1.165) is 18.8 Å². The number of hydrogen-bond donors (Lipinski definition) is 0. The number of halogens is 1. The highest BCUT2D eigenvalue weighted by Crippen LogP contribution is 2.22. The maximum Gasteiger partial charge on any atom is 0.266 e. The lowest BCUT2D eigenvalue weighted by atomic mass is 10.2. The average Bonchev–Trinajstić information content (AvgIpc) is 2.60. The van der Waals surface area contributed by atoms with E-state index in [2.05, 4.69) is 28.9 Å². The van der Waals surface area contributed by atoms with Gasteiger partial charge in [-0.05, 0) is 51.4 Å².